The Kier molecular flexibility index (Phi) is 15.8. The van der Waals surface area contributed by atoms with Crippen molar-refractivity contribution in [3.63, 3.8) is 0 Å². The zero-order valence-corrected chi connectivity index (χ0v) is 29.6. The molecule has 4 amide bonds. The van der Waals surface area contributed by atoms with Crippen molar-refractivity contribution in [3.8, 4) is 0 Å². The van der Waals surface area contributed by atoms with Gasteiger partial charge in [-0.25, -0.2) is 14.4 Å². The molecule has 276 valence electrons. The van der Waals surface area contributed by atoms with Crippen LogP contribution in [0.3, 0.4) is 0 Å². The third-order valence-corrected chi connectivity index (χ3v) is 8.93. The summed E-state index contributed by atoms with van der Waals surface area (Å²) in [5, 5.41) is 36.7. The second-order valence-corrected chi connectivity index (χ2v) is 12.8. The highest BCUT2D eigenvalue weighted by molar-refractivity contribution is 7.98. The molecule has 0 saturated heterocycles. The number of hydrogen-bond acceptors (Lipinski definition) is 8. The van der Waals surface area contributed by atoms with E-state index in [1.165, 1.54) is 49.0 Å². The van der Waals surface area contributed by atoms with Crippen LogP contribution < -0.4 is 20.9 Å². The van der Waals surface area contributed by atoms with Crippen LogP contribution in [0.5, 0.6) is 0 Å². The van der Waals surface area contributed by atoms with Crippen molar-refractivity contribution in [2.75, 3.05) is 17.2 Å². The molecule has 0 aromatic heterocycles. The molecule has 3 aromatic carbocycles. The van der Waals surface area contributed by atoms with Crippen LogP contribution >= 0.6 is 11.8 Å². The van der Waals surface area contributed by atoms with Crippen LogP contribution in [0.2, 0.25) is 0 Å². The summed E-state index contributed by atoms with van der Waals surface area (Å²) in [6.45, 7) is 3.21. The molecule has 1 unspecified atom stereocenters. The molecule has 52 heavy (non-hydrogen) atoms. The van der Waals surface area contributed by atoms with E-state index in [-0.39, 0.29) is 42.1 Å². The van der Waals surface area contributed by atoms with E-state index >= 15 is 0 Å². The summed E-state index contributed by atoms with van der Waals surface area (Å²) in [5.41, 5.74) is 1.87. The molecule has 0 heterocycles. The van der Waals surface area contributed by atoms with Gasteiger partial charge in [-0.2, -0.15) is 11.8 Å². The van der Waals surface area contributed by atoms with E-state index in [1.54, 1.807) is 19.1 Å². The molecular formula is C37H42N4O10S. The summed E-state index contributed by atoms with van der Waals surface area (Å²) in [6, 6.07) is 17.8. The number of aliphatic carboxylic acids is 2. The number of rotatable bonds is 19. The molecule has 0 aliphatic heterocycles. The number of carbonyl (C=O) groups excluding carboxylic acids is 4. The van der Waals surface area contributed by atoms with E-state index < -0.39 is 53.6 Å². The van der Waals surface area contributed by atoms with Crippen molar-refractivity contribution in [3.05, 3.63) is 95.1 Å². The summed E-state index contributed by atoms with van der Waals surface area (Å²) in [6.07, 6.45) is 1.19. The zero-order valence-electron chi connectivity index (χ0n) is 28.8. The van der Waals surface area contributed by atoms with Crippen LogP contribution in [0, 0.1) is 0 Å². The van der Waals surface area contributed by atoms with E-state index in [9.17, 15) is 48.9 Å². The Balaban J connectivity index is 1.61. The monoisotopic (exact) mass is 734 g/mol. The van der Waals surface area contributed by atoms with Gasteiger partial charge in [0.1, 0.15) is 12.1 Å². The highest BCUT2D eigenvalue weighted by Crippen LogP contribution is 2.33. The summed E-state index contributed by atoms with van der Waals surface area (Å²) >= 11 is 1.40. The lowest BCUT2D eigenvalue weighted by molar-refractivity contribution is -0.148. The maximum atomic E-state index is 13.1. The number of amides is 4. The second kappa shape index (κ2) is 20.2. The smallest absolute Gasteiger partial charge is 0.395 e. The lowest BCUT2D eigenvalue weighted by atomic mass is 9.99. The van der Waals surface area contributed by atoms with Gasteiger partial charge in [-0.15, -0.1) is 0 Å². The number of anilines is 2. The molecule has 0 bridgehead atoms. The largest absolute Gasteiger partial charge is 0.480 e. The highest BCUT2D eigenvalue weighted by Gasteiger charge is 2.30. The van der Waals surface area contributed by atoms with Gasteiger partial charge in [0.2, 0.25) is 17.7 Å². The van der Waals surface area contributed by atoms with Crippen molar-refractivity contribution in [1.29, 1.82) is 0 Å². The Morgan fingerprint density at radius 1 is 0.788 bits per heavy atom. The summed E-state index contributed by atoms with van der Waals surface area (Å²) in [4.78, 5) is 86.7. The summed E-state index contributed by atoms with van der Waals surface area (Å²) < 4.78 is 0. The number of aryl methyl sites for hydroxylation is 1. The van der Waals surface area contributed by atoms with E-state index in [0.29, 0.717) is 36.1 Å². The van der Waals surface area contributed by atoms with E-state index in [0.717, 1.165) is 10.5 Å². The minimum atomic E-state index is -1.78. The fourth-order valence-corrected chi connectivity index (χ4v) is 6.31. The van der Waals surface area contributed by atoms with Crippen molar-refractivity contribution in [1.82, 2.24) is 16.0 Å². The number of nitrogens with zero attached hydrogens (tertiary/aromatic N) is 1. The highest BCUT2D eigenvalue weighted by atomic mass is 32.2. The van der Waals surface area contributed by atoms with Gasteiger partial charge in [-0.05, 0) is 54.2 Å². The van der Waals surface area contributed by atoms with Gasteiger partial charge < -0.3 is 31.3 Å². The van der Waals surface area contributed by atoms with Gasteiger partial charge in [0, 0.05) is 37.8 Å². The molecule has 0 saturated carbocycles. The first-order chi connectivity index (χ1) is 24.8. The standard InChI is InChI=1S/C37H42N4O10S/c1-3-26-19-25(16-17-30(26)41(34(45)37(50)51)31-14-8-7-13-27(31)35(46)47)20-28(39-23(2)42)33(44)38-18-10-9-15-32(43)40-29(36(48)49)22-52-21-24-11-5-4-6-12-24/h4-8,11-14,16-17,19,28-29H,3,9-10,15,18,20-22H2,1-2H3,(H,38,44)(H,39,42)(H,40,43)(H,46,47)(H,48,49)(H,50,51)/t28?,29-/m0/s1. The molecule has 14 nitrogen and oxygen atoms in total. The lowest BCUT2D eigenvalue weighted by Gasteiger charge is -2.26. The third-order valence-electron chi connectivity index (χ3n) is 7.82. The van der Waals surface area contributed by atoms with Crippen LogP contribution in [-0.2, 0) is 47.4 Å². The Hall–Kier alpha value is -5.70. The molecule has 0 aliphatic carbocycles. The molecule has 0 radical (unpaired) electrons. The van der Waals surface area contributed by atoms with Crippen LogP contribution in [0.1, 0.15) is 60.2 Å². The Bertz CT molecular complexity index is 1770. The molecule has 0 aliphatic rings. The number of aromatic carboxylic acids is 1. The van der Waals surface area contributed by atoms with Gasteiger partial charge in [0.05, 0.1) is 16.9 Å². The maximum absolute atomic E-state index is 13.1. The number of para-hydroxylation sites is 1. The number of benzene rings is 3. The molecule has 3 rings (SSSR count). The van der Waals surface area contributed by atoms with Crippen LogP contribution in [-0.4, -0.2) is 81.2 Å². The van der Waals surface area contributed by atoms with Crippen LogP contribution in [0.15, 0.2) is 72.8 Å². The minimum absolute atomic E-state index is 0.0402. The fourth-order valence-electron chi connectivity index (χ4n) is 5.31. The van der Waals surface area contributed by atoms with Gasteiger partial charge >= 0.3 is 23.8 Å². The number of carbonyl (C=O) groups is 7. The molecule has 15 heteroatoms. The average molecular weight is 735 g/mol. The predicted molar refractivity (Wildman–Crippen MR) is 194 cm³/mol. The predicted octanol–water partition coefficient (Wildman–Crippen LogP) is 3.53. The quantitative estimate of drug-likeness (QED) is 0.0773. The van der Waals surface area contributed by atoms with Gasteiger partial charge in [-0.1, -0.05) is 61.5 Å². The molecule has 3 aromatic rings. The Morgan fingerprint density at radius 2 is 1.48 bits per heavy atom. The average Bonchev–Trinajstić information content (AvgIpc) is 3.11. The first-order valence-corrected chi connectivity index (χ1v) is 17.7. The van der Waals surface area contributed by atoms with E-state index in [4.69, 9.17) is 0 Å². The Morgan fingerprint density at radius 3 is 2.12 bits per heavy atom. The molecule has 2 atom stereocenters. The number of nitrogens with one attached hydrogen (secondary N) is 3. The SMILES string of the molecule is CCc1cc(CC(NC(C)=O)C(=O)NCCCCC(=O)N[C@@H](CSCc2ccccc2)C(=O)O)ccc1N(C(=O)C(=O)O)c1ccccc1C(=O)O. The number of carboxylic acid groups (broad SMARTS) is 3. The van der Waals surface area contributed by atoms with Crippen molar-refractivity contribution in [2.45, 2.75) is 63.8 Å². The van der Waals surface area contributed by atoms with E-state index in [2.05, 4.69) is 16.0 Å². The fraction of sp³-hybridized carbons (Fsp3) is 0.324. The number of thioether (sulfide) groups is 1. The van der Waals surface area contributed by atoms with Crippen molar-refractivity contribution in [2.24, 2.45) is 0 Å². The zero-order chi connectivity index (χ0) is 38.2. The lowest BCUT2D eigenvalue weighted by Crippen LogP contribution is -2.47. The summed E-state index contributed by atoms with van der Waals surface area (Å²) in [5.74, 6) is -6.16. The normalized spacial score (nSPS) is 11.8. The molecule has 6 N–H and O–H groups in total. The van der Waals surface area contributed by atoms with E-state index in [1.807, 2.05) is 30.3 Å². The third kappa shape index (κ3) is 12.3. The molecule has 0 fully saturated rings. The maximum Gasteiger partial charge on any atom is 0.395 e. The van der Waals surface area contributed by atoms with Gasteiger partial charge in [0.25, 0.3) is 0 Å². The first-order valence-electron chi connectivity index (χ1n) is 16.5. The first kappa shape index (κ1) is 40.7. The molecular weight excluding hydrogens is 692 g/mol. The van der Waals surface area contributed by atoms with Crippen molar-refractivity contribution < 1.29 is 48.9 Å². The Labute approximate surface area is 305 Å². The van der Waals surface area contributed by atoms with Gasteiger partial charge in [-0.3, -0.25) is 24.1 Å². The topological polar surface area (TPSA) is 220 Å². The minimum Gasteiger partial charge on any atom is -0.480 e. The van der Waals surface area contributed by atoms with Gasteiger partial charge in [0.15, 0.2) is 0 Å². The molecule has 0 spiro atoms. The second-order valence-electron chi connectivity index (χ2n) is 11.7. The number of carboxylic acids is 3. The van der Waals surface area contributed by atoms with Crippen molar-refractivity contribution >= 4 is 64.7 Å². The number of hydrogen-bond donors (Lipinski definition) is 6. The van der Waals surface area contributed by atoms with Crippen LogP contribution in [0.25, 0.3) is 0 Å². The number of unbranched alkanes of at least 4 members (excludes halogenated alkanes) is 1. The summed E-state index contributed by atoms with van der Waals surface area (Å²) in [7, 11) is 0. The van der Waals surface area contributed by atoms with Crippen LogP contribution in [0.4, 0.5) is 11.4 Å².